The molecule has 2 heterocycles. The normalized spacial score (nSPS) is 10.8. The van der Waals surface area contributed by atoms with Crippen LogP contribution in [0.1, 0.15) is 29.8 Å². The third-order valence-corrected chi connectivity index (χ3v) is 3.31. The fourth-order valence-electron chi connectivity index (χ4n) is 2.23. The number of hydrogen-bond acceptors (Lipinski definition) is 4. The lowest BCUT2D eigenvalue weighted by Crippen LogP contribution is -2.32. The Bertz CT molecular complexity index is 717. The Morgan fingerprint density at radius 3 is 2.60 bits per heavy atom. The first-order valence-corrected chi connectivity index (χ1v) is 6.51. The van der Waals surface area contributed by atoms with Gasteiger partial charge in [0, 0.05) is 19.3 Å². The van der Waals surface area contributed by atoms with Gasteiger partial charge < -0.3 is 10.0 Å². The van der Waals surface area contributed by atoms with Gasteiger partial charge in [0.2, 0.25) is 0 Å². The number of anilines is 1. The fourth-order valence-corrected chi connectivity index (χ4v) is 2.23. The fraction of sp³-hybridized carbons (Fsp3) is 0.357. The second-order valence-corrected chi connectivity index (χ2v) is 4.48. The summed E-state index contributed by atoms with van der Waals surface area (Å²) in [6.45, 7) is 6.82. The van der Waals surface area contributed by atoms with Crippen LogP contribution >= 0.6 is 0 Å². The molecule has 20 heavy (non-hydrogen) atoms. The summed E-state index contributed by atoms with van der Waals surface area (Å²) < 4.78 is 1.28. The zero-order chi connectivity index (χ0) is 14.9. The van der Waals surface area contributed by atoms with Gasteiger partial charge in [-0.1, -0.05) is 6.07 Å². The summed E-state index contributed by atoms with van der Waals surface area (Å²) in [5.41, 5.74) is 0.490. The van der Waals surface area contributed by atoms with Gasteiger partial charge in [-0.05, 0) is 32.4 Å². The van der Waals surface area contributed by atoms with Crippen molar-refractivity contribution < 1.29 is 9.90 Å². The molecule has 0 aliphatic carbocycles. The molecule has 6 nitrogen and oxygen atoms in total. The molecule has 0 atom stereocenters. The number of carboxylic acid groups (broad SMARTS) is 1. The van der Waals surface area contributed by atoms with Crippen molar-refractivity contribution in [3.05, 3.63) is 39.8 Å². The van der Waals surface area contributed by atoms with E-state index in [0.717, 1.165) is 5.56 Å². The molecule has 6 heteroatoms. The zero-order valence-corrected chi connectivity index (χ0v) is 11.8. The van der Waals surface area contributed by atoms with Crippen LogP contribution in [0.25, 0.3) is 5.65 Å². The van der Waals surface area contributed by atoms with E-state index < -0.39 is 11.5 Å². The number of aromatic nitrogens is 2. The summed E-state index contributed by atoms with van der Waals surface area (Å²) in [6, 6.07) is 3.54. The molecule has 0 aromatic carbocycles. The minimum atomic E-state index is -1.25. The predicted octanol–water partition coefficient (Wildman–Crippen LogP) is 1.55. The summed E-state index contributed by atoms with van der Waals surface area (Å²) in [7, 11) is 0. The SMILES string of the molecule is CCN(CC)c1nc2c(C)cccn2c(=O)c1C(=O)O. The highest BCUT2D eigenvalue weighted by Crippen LogP contribution is 2.17. The van der Waals surface area contributed by atoms with E-state index in [4.69, 9.17) is 0 Å². The Labute approximate surface area is 116 Å². The minimum Gasteiger partial charge on any atom is -0.477 e. The van der Waals surface area contributed by atoms with Crippen LogP contribution < -0.4 is 10.5 Å². The quantitative estimate of drug-likeness (QED) is 0.916. The van der Waals surface area contributed by atoms with E-state index in [9.17, 15) is 14.7 Å². The lowest BCUT2D eigenvalue weighted by atomic mass is 10.2. The number of rotatable bonds is 4. The van der Waals surface area contributed by atoms with Crippen LogP contribution in [0.5, 0.6) is 0 Å². The topological polar surface area (TPSA) is 74.9 Å². The molecule has 0 saturated carbocycles. The highest BCUT2D eigenvalue weighted by atomic mass is 16.4. The molecule has 2 aromatic rings. The van der Waals surface area contributed by atoms with Gasteiger partial charge >= 0.3 is 5.97 Å². The second-order valence-electron chi connectivity index (χ2n) is 4.48. The van der Waals surface area contributed by atoms with Crippen molar-refractivity contribution in [2.24, 2.45) is 0 Å². The van der Waals surface area contributed by atoms with Gasteiger partial charge in [-0.25, -0.2) is 9.78 Å². The second kappa shape index (κ2) is 5.32. The molecule has 0 aliphatic rings. The standard InChI is InChI=1S/C14H17N3O3/c1-4-16(5-2)12-10(14(19)20)13(18)17-8-6-7-9(3)11(17)15-12/h6-8H,4-5H2,1-3H3,(H,19,20). The number of nitrogens with zero attached hydrogens (tertiary/aromatic N) is 3. The predicted molar refractivity (Wildman–Crippen MR) is 76.7 cm³/mol. The van der Waals surface area contributed by atoms with Crippen molar-refractivity contribution in [1.29, 1.82) is 0 Å². The molecule has 2 aromatic heterocycles. The van der Waals surface area contributed by atoms with Crippen molar-refractivity contribution >= 4 is 17.4 Å². The van der Waals surface area contributed by atoms with Crippen LogP contribution in [0.4, 0.5) is 5.82 Å². The number of fused-ring (bicyclic) bond motifs is 1. The van der Waals surface area contributed by atoms with Gasteiger partial charge in [0.05, 0.1) is 0 Å². The van der Waals surface area contributed by atoms with Crippen LogP contribution in [0.15, 0.2) is 23.1 Å². The highest BCUT2D eigenvalue weighted by Gasteiger charge is 2.22. The van der Waals surface area contributed by atoms with Crippen LogP contribution in [0.3, 0.4) is 0 Å². The molecule has 106 valence electrons. The van der Waals surface area contributed by atoms with Gasteiger partial charge in [-0.2, -0.15) is 0 Å². The Morgan fingerprint density at radius 2 is 2.05 bits per heavy atom. The number of carbonyl (C=O) groups is 1. The number of hydrogen-bond donors (Lipinski definition) is 1. The van der Waals surface area contributed by atoms with E-state index in [0.29, 0.717) is 18.7 Å². The summed E-state index contributed by atoms with van der Waals surface area (Å²) in [5, 5.41) is 9.34. The largest absolute Gasteiger partial charge is 0.477 e. The molecule has 0 unspecified atom stereocenters. The van der Waals surface area contributed by atoms with Crippen molar-refractivity contribution in [3.8, 4) is 0 Å². The van der Waals surface area contributed by atoms with Crippen molar-refractivity contribution in [2.75, 3.05) is 18.0 Å². The number of carboxylic acids is 1. The zero-order valence-electron chi connectivity index (χ0n) is 11.8. The highest BCUT2D eigenvalue weighted by molar-refractivity contribution is 5.93. The van der Waals surface area contributed by atoms with Gasteiger partial charge in [0.25, 0.3) is 5.56 Å². The first-order valence-electron chi connectivity index (χ1n) is 6.51. The third kappa shape index (κ3) is 2.13. The molecular formula is C14H17N3O3. The van der Waals surface area contributed by atoms with E-state index in [1.807, 2.05) is 26.8 Å². The first-order chi connectivity index (χ1) is 9.51. The molecule has 0 bridgehead atoms. The molecule has 2 rings (SSSR count). The monoisotopic (exact) mass is 275 g/mol. The molecule has 0 saturated heterocycles. The Kier molecular flexibility index (Phi) is 3.74. The van der Waals surface area contributed by atoms with Crippen molar-refractivity contribution in [3.63, 3.8) is 0 Å². The molecule has 0 fully saturated rings. The van der Waals surface area contributed by atoms with Crippen LogP contribution in [0, 0.1) is 6.92 Å². The average Bonchev–Trinajstić information content (AvgIpc) is 2.41. The average molecular weight is 275 g/mol. The third-order valence-electron chi connectivity index (χ3n) is 3.31. The number of aryl methyl sites for hydroxylation is 1. The van der Waals surface area contributed by atoms with E-state index in [1.165, 1.54) is 10.6 Å². The molecular weight excluding hydrogens is 258 g/mol. The van der Waals surface area contributed by atoms with Crippen molar-refractivity contribution in [1.82, 2.24) is 9.38 Å². The molecule has 1 N–H and O–H groups in total. The molecule has 0 aliphatic heterocycles. The van der Waals surface area contributed by atoms with Gasteiger partial charge in [-0.3, -0.25) is 9.20 Å². The van der Waals surface area contributed by atoms with Crippen LogP contribution in [0.2, 0.25) is 0 Å². The van der Waals surface area contributed by atoms with E-state index >= 15 is 0 Å². The van der Waals surface area contributed by atoms with E-state index in [-0.39, 0.29) is 11.4 Å². The molecule has 0 radical (unpaired) electrons. The Balaban J connectivity index is 2.91. The van der Waals surface area contributed by atoms with E-state index in [1.54, 1.807) is 11.0 Å². The van der Waals surface area contributed by atoms with Crippen LogP contribution in [-0.2, 0) is 0 Å². The number of pyridine rings is 1. The van der Waals surface area contributed by atoms with Gasteiger partial charge in [-0.15, -0.1) is 0 Å². The lowest BCUT2D eigenvalue weighted by molar-refractivity contribution is 0.0695. The Morgan fingerprint density at radius 1 is 1.40 bits per heavy atom. The lowest BCUT2D eigenvalue weighted by Gasteiger charge is -2.22. The smallest absolute Gasteiger partial charge is 0.345 e. The number of aromatic carboxylic acids is 1. The summed E-state index contributed by atoms with van der Waals surface area (Å²) in [5.74, 6) is -1.01. The maximum atomic E-state index is 12.4. The van der Waals surface area contributed by atoms with Gasteiger partial charge in [0.15, 0.2) is 11.4 Å². The van der Waals surface area contributed by atoms with Gasteiger partial charge in [0.1, 0.15) is 5.65 Å². The van der Waals surface area contributed by atoms with Crippen LogP contribution in [-0.4, -0.2) is 33.6 Å². The first kappa shape index (κ1) is 14.0. The maximum absolute atomic E-state index is 12.4. The Hall–Kier alpha value is -2.37. The maximum Gasteiger partial charge on any atom is 0.345 e. The molecule has 0 amide bonds. The summed E-state index contributed by atoms with van der Waals surface area (Å²) >= 11 is 0. The summed E-state index contributed by atoms with van der Waals surface area (Å²) in [6.07, 6.45) is 1.54. The van der Waals surface area contributed by atoms with E-state index in [2.05, 4.69) is 4.98 Å². The minimum absolute atomic E-state index is 0.238. The summed E-state index contributed by atoms with van der Waals surface area (Å²) in [4.78, 5) is 30.0. The molecule has 0 spiro atoms. The van der Waals surface area contributed by atoms with Crippen molar-refractivity contribution in [2.45, 2.75) is 20.8 Å².